The molecule has 0 radical (unpaired) electrons. The number of rotatable bonds is 12. The fourth-order valence-electron chi connectivity index (χ4n) is 9.99. The first-order chi connectivity index (χ1) is 31.1. The molecule has 0 spiro atoms. The van der Waals surface area contributed by atoms with E-state index in [4.69, 9.17) is 9.84 Å². The zero-order valence-electron chi connectivity index (χ0n) is 37.2. The van der Waals surface area contributed by atoms with Crippen molar-refractivity contribution in [2.24, 2.45) is 0 Å². The second-order valence-corrected chi connectivity index (χ2v) is 17.2. The highest BCUT2D eigenvalue weighted by atomic mass is 19.3. The number of amides is 3. The van der Waals surface area contributed by atoms with Crippen LogP contribution in [-0.4, -0.2) is 111 Å². The first kappa shape index (κ1) is 44.9. The molecule has 1 unspecified atom stereocenters. The van der Waals surface area contributed by atoms with Gasteiger partial charge in [-0.2, -0.15) is 10.2 Å². The Morgan fingerprint density at radius 3 is 2.55 bits per heavy atom. The number of aryl methyl sites for hydroxylation is 2. The van der Waals surface area contributed by atoms with Crippen molar-refractivity contribution in [3.05, 3.63) is 93.6 Å². The molecule has 1 atom stereocenters. The molecule has 9 rings (SSSR count). The lowest BCUT2D eigenvalue weighted by molar-refractivity contribution is -0.125. The number of fused-ring (bicyclic) bond motifs is 3. The van der Waals surface area contributed by atoms with Crippen LogP contribution >= 0.6 is 0 Å². The van der Waals surface area contributed by atoms with Gasteiger partial charge in [-0.25, -0.2) is 8.78 Å². The lowest BCUT2D eigenvalue weighted by Crippen LogP contribution is -2.50. The van der Waals surface area contributed by atoms with Crippen LogP contribution in [-0.2, 0) is 53.2 Å². The smallest absolute Gasteiger partial charge is 0.264 e. The van der Waals surface area contributed by atoms with Gasteiger partial charge < -0.3 is 24.8 Å². The number of alkyl halides is 2. The number of benzene rings is 2. The van der Waals surface area contributed by atoms with Crippen LogP contribution in [0.25, 0.3) is 11.1 Å². The summed E-state index contributed by atoms with van der Waals surface area (Å²) in [6.45, 7) is 13.6. The van der Waals surface area contributed by atoms with Gasteiger partial charge in [0.05, 0.1) is 24.3 Å². The molecule has 2 aromatic heterocycles. The van der Waals surface area contributed by atoms with E-state index in [0.717, 1.165) is 97.5 Å². The van der Waals surface area contributed by atoms with Crippen molar-refractivity contribution in [1.82, 2.24) is 39.6 Å². The van der Waals surface area contributed by atoms with Crippen LogP contribution in [0.2, 0.25) is 0 Å². The van der Waals surface area contributed by atoms with E-state index in [-0.39, 0.29) is 29.0 Å². The van der Waals surface area contributed by atoms with E-state index >= 15 is 8.78 Å². The third-order valence-corrected chi connectivity index (χ3v) is 13.4. The van der Waals surface area contributed by atoms with E-state index in [1.54, 1.807) is 36.3 Å². The van der Waals surface area contributed by atoms with Gasteiger partial charge >= 0.3 is 0 Å². The van der Waals surface area contributed by atoms with Crippen molar-refractivity contribution in [1.29, 1.82) is 0 Å². The quantitative estimate of drug-likeness (QED) is 0.153. The molecule has 0 bridgehead atoms. The van der Waals surface area contributed by atoms with Gasteiger partial charge in [-0.15, -0.1) is 0 Å². The highest BCUT2D eigenvalue weighted by molar-refractivity contribution is 6.03. The Morgan fingerprint density at radius 1 is 0.984 bits per heavy atom. The number of carbonyl (C=O) groups is 4. The van der Waals surface area contributed by atoms with Crippen molar-refractivity contribution >= 4 is 36.0 Å². The Bertz CT molecular complexity index is 2410. The number of nitrogens with one attached hydrogen (secondary N) is 1. The molecule has 2 aromatic carbocycles. The van der Waals surface area contributed by atoms with E-state index in [1.807, 2.05) is 30.8 Å². The molecule has 14 nitrogen and oxygen atoms in total. The van der Waals surface area contributed by atoms with Crippen LogP contribution in [0, 0.1) is 0 Å². The highest BCUT2D eigenvalue weighted by Crippen LogP contribution is 2.43. The van der Waals surface area contributed by atoms with Gasteiger partial charge in [-0.05, 0) is 97.9 Å². The minimum Gasteiger partial charge on any atom is -0.381 e. The lowest BCUT2D eigenvalue weighted by atomic mass is 9.92. The highest BCUT2D eigenvalue weighted by Gasteiger charge is 2.35. The third-order valence-electron chi connectivity index (χ3n) is 13.4. The number of piperidine rings is 1. The minimum atomic E-state index is -2.71. The predicted octanol–water partition coefficient (Wildman–Crippen LogP) is 6.79. The fourth-order valence-corrected chi connectivity index (χ4v) is 9.99. The van der Waals surface area contributed by atoms with Crippen LogP contribution in [0.1, 0.15) is 119 Å². The summed E-state index contributed by atoms with van der Waals surface area (Å²) < 4.78 is 39.6. The van der Waals surface area contributed by atoms with Crippen molar-refractivity contribution < 1.29 is 32.7 Å². The van der Waals surface area contributed by atoms with Gasteiger partial charge in [0.2, 0.25) is 12.3 Å². The topological polar surface area (TPSA) is 138 Å². The first-order valence-electron chi connectivity index (χ1n) is 22.8. The molecule has 2 saturated heterocycles. The first-order valence-corrected chi connectivity index (χ1v) is 22.8. The fraction of sp³-hybridized carbons (Fsp3) is 0.500. The number of hydrogen-bond acceptors (Lipinski definition) is 9. The van der Waals surface area contributed by atoms with Crippen LogP contribution < -0.4 is 10.2 Å². The van der Waals surface area contributed by atoms with Gasteiger partial charge in [-0.3, -0.25) is 33.4 Å². The summed E-state index contributed by atoms with van der Waals surface area (Å²) in [6, 6.07) is 6.70. The van der Waals surface area contributed by atoms with Gasteiger partial charge in [0.25, 0.3) is 12.3 Å². The molecule has 64 heavy (non-hydrogen) atoms. The monoisotopic (exact) mass is 879 g/mol. The van der Waals surface area contributed by atoms with Crippen LogP contribution in [0.4, 0.5) is 20.3 Å². The SMILES string of the molecule is C=C1CCC(N(C)C(=O)c2cc3c(cc2C=O)CCN(CCCn2cc(-c4cc5c(cc4C(F)F)N(c4nn(C6CCOCC6)c6c4CN(C=O)CC6)CCC5)cn2)C3)C(=O)N1.CC. The average molecular weight is 880 g/mol. The molecule has 2 fully saturated rings. The Balaban J connectivity index is 0.00000276. The van der Waals surface area contributed by atoms with E-state index in [0.29, 0.717) is 93.9 Å². The number of allylic oxidation sites excluding steroid dienone is 1. The van der Waals surface area contributed by atoms with Crippen LogP contribution in [0.15, 0.2) is 48.9 Å². The van der Waals surface area contributed by atoms with Crippen LogP contribution in [0.5, 0.6) is 0 Å². The van der Waals surface area contributed by atoms with E-state index in [1.165, 1.54) is 4.90 Å². The molecule has 4 aromatic rings. The Morgan fingerprint density at radius 2 is 1.80 bits per heavy atom. The minimum absolute atomic E-state index is 0.0517. The predicted molar refractivity (Wildman–Crippen MR) is 239 cm³/mol. The standard InChI is InChI=1S/C46H53F2N9O5.C2H6/c1-29-6-7-41(45(60)50-29)52(2)46(61)37-21-32-24-53(15-8-30(32)19-33(37)27-58)12-4-13-55-25-34(23-49-55)36-20-31-5-3-14-56(42(31)22-38(36)43(47)48)44-39-26-54(28-59)16-9-40(39)57(51-44)35-10-17-62-18-11-35;1-2/h19-23,25,27-28,35,41,43H,1,3-18,24,26H2,2H3,(H,50,60);1-2H3. The molecule has 340 valence electrons. The van der Waals surface area contributed by atoms with Gasteiger partial charge in [-0.1, -0.05) is 20.4 Å². The number of anilines is 2. The maximum Gasteiger partial charge on any atom is 0.264 e. The number of nitrogens with zero attached hydrogens (tertiary/aromatic N) is 8. The number of carbonyl (C=O) groups excluding carboxylic acids is 4. The van der Waals surface area contributed by atoms with E-state index in [2.05, 4.69) is 31.5 Å². The van der Waals surface area contributed by atoms with Gasteiger partial charge in [0.15, 0.2) is 12.1 Å². The Labute approximate surface area is 373 Å². The molecule has 0 aliphatic carbocycles. The summed E-state index contributed by atoms with van der Waals surface area (Å²) in [4.78, 5) is 57.9. The third kappa shape index (κ3) is 8.99. The van der Waals surface area contributed by atoms with E-state index < -0.39 is 12.5 Å². The molecule has 3 amide bonds. The van der Waals surface area contributed by atoms with Crippen molar-refractivity contribution in [3.63, 3.8) is 0 Å². The lowest BCUT2D eigenvalue weighted by Gasteiger charge is -2.33. The molecule has 0 saturated carbocycles. The molecule has 7 heterocycles. The number of ether oxygens (including phenoxy) is 1. The summed E-state index contributed by atoms with van der Waals surface area (Å²) in [7, 11) is 1.59. The number of halogens is 2. The molecule has 16 heteroatoms. The summed E-state index contributed by atoms with van der Waals surface area (Å²) in [5.74, 6) is 0.103. The second-order valence-electron chi connectivity index (χ2n) is 17.2. The zero-order chi connectivity index (χ0) is 45.1. The number of aromatic nitrogens is 4. The summed E-state index contributed by atoms with van der Waals surface area (Å²) in [6.07, 6.45) is 8.90. The van der Waals surface area contributed by atoms with Crippen molar-refractivity contribution in [3.8, 4) is 11.1 Å². The molecule has 5 aliphatic rings. The average Bonchev–Trinajstić information content (AvgIpc) is 3.96. The maximum atomic E-state index is 15.0. The second kappa shape index (κ2) is 19.6. The van der Waals surface area contributed by atoms with Gasteiger partial charge in [0.1, 0.15) is 6.04 Å². The van der Waals surface area contributed by atoms with Crippen molar-refractivity contribution in [2.75, 3.05) is 51.3 Å². The molecule has 5 aliphatic heterocycles. The number of hydrogen-bond donors (Lipinski definition) is 1. The summed E-state index contributed by atoms with van der Waals surface area (Å²) in [5.41, 5.74) is 8.13. The molecule has 1 N–H and O–H groups in total. The Kier molecular flexibility index (Phi) is 13.7. The molecular weight excluding hydrogens is 821 g/mol. The normalized spacial score (nSPS) is 19.0. The largest absolute Gasteiger partial charge is 0.381 e. The summed E-state index contributed by atoms with van der Waals surface area (Å²) >= 11 is 0. The summed E-state index contributed by atoms with van der Waals surface area (Å²) in [5, 5.41) is 12.5. The number of likely N-dealkylation sites (N-methyl/N-ethyl adjacent to an activating group) is 1. The molecular formula is C48H59F2N9O5. The van der Waals surface area contributed by atoms with E-state index in [9.17, 15) is 19.2 Å². The number of aldehydes is 1. The maximum absolute atomic E-state index is 15.0. The van der Waals surface area contributed by atoms with Crippen LogP contribution in [0.3, 0.4) is 0 Å². The Hall–Kier alpha value is -5.74. The van der Waals surface area contributed by atoms with Crippen molar-refractivity contribution in [2.45, 2.75) is 110 Å². The zero-order valence-corrected chi connectivity index (χ0v) is 37.2. The van der Waals surface area contributed by atoms with Gasteiger partial charge in [0, 0.05) is 111 Å².